The van der Waals surface area contributed by atoms with Crippen molar-refractivity contribution in [1.29, 1.82) is 0 Å². The zero-order valence-electron chi connectivity index (χ0n) is 18.3. The molecule has 0 saturated carbocycles. The van der Waals surface area contributed by atoms with Crippen LogP contribution in [-0.4, -0.2) is 42.0 Å². The predicted molar refractivity (Wildman–Crippen MR) is 119 cm³/mol. The zero-order valence-corrected chi connectivity index (χ0v) is 18.3. The molecule has 6 heteroatoms. The maximum Gasteiger partial charge on any atom is 0.295 e. The van der Waals surface area contributed by atoms with E-state index in [-0.39, 0.29) is 11.3 Å². The summed E-state index contributed by atoms with van der Waals surface area (Å²) in [6.45, 7) is 5.10. The van der Waals surface area contributed by atoms with Crippen LogP contribution in [0.3, 0.4) is 0 Å². The lowest BCUT2D eigenvalue weighted by molar-refractivity contribution is -0.139. The van der Waals surface area contributed by atoms with Crippen molar-refractivity contribution in [2.75, 3.05) is 20.3 Å². The first-order chi connectivity index (χ1) is 15.0. The Balaban J connectivity index is 2.04. The molecule has 0 aromatic heterocycles. The molecular weight excluding hydrogens is 394 g/mol. The van der Waals surface area contributed by atoms with Gasteiger partial charge in [0, 0.05) is 12.1 Å². The Bertz CT molecular complexity index is 947. The number of Topliss-reactive ketones (excluding diaryl/α,β-unsaturated/α-hetero) is 1. The lowest BCUT2D eigenvalue weighted by atomic mass is 9.95. The molecule has 6 nitrogen and oxygen atoms in total. The summed E-state index contributed by atoms with van der Waals surface area (Å²) in [4.78, 5) is 27.3. The molecule has 0 radical (unpaired) electrons. The van der Waals surface area contributed by atoms with Gasteiger partial charge in [-0.05, 0) is 54.8 Å². The number of aliphatic hydroxyl groups is 1. The number of hydrogen-bond donors (Lipinski definition) is 1. The number of rotatable bonds is 9. The first-order valence-corrected chi connectivity index (χ1v) is 10.7. The van der Waals surface area contributed by atoms with Crippen LogP contribution in [0.5, 0.6) is 11.5 Å². The Morgan fingerprint density at radius 3 is 2.19 bits per heavy atom. The molecule has 1 saturated heterocycles. The molecule has 2 aromatic rings. The highest BCUT2D eigenvalue weighted by atomic mass is 16.5. The topological polar surface area (TPSA) is 76.1 Å². The van der Waals surface area contributed by atoms with Gasteiger partial charge in [0.05, 0.1) is 25.3 Å². The summed E-state index contributed by atoms with van der Waals surface area (Å²) >= 11 is 0. The molecule has 1 amide bonds. The summed E-state index contributed by atoms with van der Waals surface area (Å²) in [5.41, 5.74) is 1.32. The van der Waals surface area contributed by atoms with E-state index in [2.05, 4.69) is 0 Å². The summed E-state index contributed by atoms with van der Waals surface area (Å²) < 4.78 is 10.8. The van der Waals surface area contributed by atoms with Crippen LogP contribution in [0.2, 0.25) is 0 Å². The molecule has 2 aromatic carbocycles. The monoisotopic (exact) mass is 423 g/mol. The van der Waals surface area contributed by atoms with Gasteiger partial charge in [-0.25, -0.2) is 0 Å². The normalized spacial score (nSPS) is 17.8. The smallest absolute Gasteiger partial charge is 0.295 e. The van der Waals surface area contributed by atoms with Crippen molar-refractivity contribution in [3.05, 3.63) is 65.2 Å². The molecular formula is C25H29NO5. The van der Waals surface area contributed by atoms with Crippen molar-refractivity contribution in [3.8, 4) is 11.5 Å². The number of ketones is 1. The quantitative estimate of drug-likeness (QED) is 0.359. The molecule has 31 heavy (non-hydrogen) atoms. The lowest BCUT2D eigenvalue weighted by Crippen LogP contribution is -2.30. The average Bonchev–Trinajstić information content (AvgIpc) is 3.06. The van der Waals surface area contributed by atoms with Crippen molar-refractivity contribution in [2.45, 2.75) is 39.2 Å². The number of amides is 1. The van der Waals surface area contributed by atoms with Crippen LogP contribution in [0.15, 0.2) is 54.1 Å². The van der Waals surface area contributed by atoms with Gasteiger partial charge < -0.3 is 19.5 Å². The number of ether oxygens (including phenoxy) is 2. The molecule has 1 unspecified atom stereocenters. The zero-order chi connectivity index (χ0) is 22.4. The standard InChI is InChI=1S/C25H29NO5/c1-4-6-15-26-22(17-7-11-19(30-3)12-8-17)21(24(28)25(26)29)23(27)18-9-13-20(14-10-18)31-16-5-2/h7-14,22,27H,4-6,15-16H2,1-3H3/b23-21-. The van der Waals surface area contributed by atoms with Gasteiger partial charge in [-0.3, -0.25) is 9.59 Å². The maximum atomic E-state index is 13.0. The van der Waals surface area contributed by atoms with E-state index in [1.165, 1.54) is 0 Å². The van der Waals surface area contributed by atoms with Crippen molar-refractivity contribution >= 4 is 17.4 Å². The van der Waals surface area contributed by atoms with Crippen molar-refractivity contribution in [3.63, 3.8) is 0 Å². The minimum Gasteiger partial charge on any atom is -0.507 e. The highest BCUT2D eigenvalue weighted by Crippen LogP contribution is 2.40. The van der Waals surface area contributed by atoms with Crippen LogP contribution in [-0.2, 0) is 9.59 Å². The largest absolute Gasteiger partial charge is 0.507 e. The second-order valence-electron chi connectivity index (χ2n) is 7.49. The molecule has 3 rings (SSSR count). The SMILES string of the molecule is CCCCN1C(=O)C(=O)/C(=C(\O)c2ccc(OCCC)cc2)C1c1ccc(OC)cc1. The van der Waals surface area contributed by atoms with Gasteiger partial charge in [0.15, 0.2) is 0 Å². The third-order valence-electron chi connectivity index (χ3n) is 5.32. The van der Waals surface area contributed by atoms with Gasteiger partial charge in [0.2, 0.25) is 0 Å². The van der Waals surface area contributed by atoms with E-state index >= 15 is 0 Å². The fraction of sp³-hybridized carbons (Fsp3) is 0.360. The van der Waals surface area contributed by atoms with Gasteiger partial charge in [-0.15, -0.1) is 0 Å². The predicted octanol–water partition coefficient (Wildman–Crippen LogP) is 4.71. The summed E-state index contributed by atoms with van der Waals surface area (Å²) in [6.07, 6.45) is 2.55. The fourth-order valence-corrected chi connectivity index (χ4v) is 3.66. The number of carbonyl (C=O) groups excluding carboxylic acids is 2. The van der Waals surface area contributed by atoms with E-state index < -0.39 is 17.7 Å². The number of hydrogen-bond acceptors (Lipinski definition) is 5. The van der Waals surface area contributed by atoms with E-state index in [4.69, 9.17) is 9.47 Å². The minimum absolute atomic E-state index is 0.105. The second-order valence-corrected chi connectivity index (χ2v) is 7.49. The first-order valence-electron chi connectivity index (χ1n) is 10.7. The Labute approximate surface area is 183 Å². The van der Waals surface area contributed by atoms with Crippen LogP contribution < -0.4 is 9.47 Å². The number of benzene rings is 2. The van der Waals surface area contributed by atoms with E-state index in [1.54, 1.807) is 48.4 Å². The van der Waals surface area contributed by atoms with Crippen LogP contribution in [0.1, 0.15) is 50.3 Å². The van der Waals surface area contributed by atoms with E-state index in [0.717, 1.165) is 24.8 Å². The molecule has 1 atom stereocenters. The third-order valence-corrected chi connectivity index (χ3v) is 5.32. The molecule has 1 aliphatic heterocycles. The van der Waals surface area contributed by atoms with E-state index in [1.807, 2.05) is 26.0 Å². The number of methoxy groups -OCH3 is 1. The first kappa shape index (κ1) is 22.4. The van der Waals surface area contributed by atoms with Crippen LogP contribution in [0.25, 0.3) is 5.76 Å². The molecule has 164 valence electrons. The van der Waals surface area contributed by atoms with Gasteiger partial charge in [-0.1, -0.05) is 32.4 Å². The molecule has 0 bridgehead atoms. The maximum absolute atomic E-state index is 13.0. The Hall–Kier alpha value is -3.28. The number of aliphatic hydroxyl groups excluding tert-OH is 1. The van der Waals surface area contributed by atoms with Gasteiger partial charge in [-0.2, -0.15) is 0 Å². The summed E-state index contributed by atoms with van der Waals surface area (Å²) in [7, 11) is 1.58. The van der Waals surface area contributed by atoms with Gasteiger partial charge in [0.25, 0.3) is 11.7 Å². The van der Waals surface area contributed by atoms with Crippen LogP contribution in [0.4, 0.5) is 0 Å². The minimum atomic E-state index is -0.666. The number of nitrogens with zero attached hydrogens (tertiary/aromatic N) is 1. The molecule has 0 aliphatic carbocycles. The average molecular weight is 424 g/mol. The lowest BCUT2D eigenvalue weighted by Gasteiger charge is -2.25. The van der Waals surface area contributed by atoms with Crippen molar-refractivity contribution in [2.24, 2.45) is 0 Å². The van der Waals surface area contributed by atoms with Gasteiger partial charge in [0.1, 0.15) is 17.3 Å². The highest BCUT2D eigenvalue weighted by molar-refractivity contribution is 6.46. The van der Waals surface area contributed by atoms with Crippen LogP contribution >= 0.6 is 0 Å². The number of unbranched alkanes of at least 4 members (excludes halogenated alkanes) is 1. The number of carbonyl (C=O) groups is 2. The van der Waals surface area contributed by atoms with E-state index in [0.29, 0.717) is 30.2 Å². The summed E-state index contributed by atoms with van der Waals surface area (Å²) in [5, 5.41) is 11.1. The third kappa shape index (κ3) is 4.74. The molecule has 1 fully saturated rings. The van der Waals surface area contributed by atoms with Crippen molar-refractivity contribution < 1.29 is 24.2 Å². The van der Waals surface area contributed by atoms with Crippen molar-refractivity contribution in [1.82, 2.24) is 4.90 Å². The fourth-order valence-electron chi connectivity index (χ4n) is 3.66. The summed E-state index contributed by atoms with van der Waals surface area (Å²) in [6, 6.07) is 13.5. The van der Waals surface area contributed by atoms with E-state index in [9.17, 15) is 14.7 Å². The Morgan fingerprint density at radius 1 is 0.968 bits per heavy atom. The number of likely N-dealkylation sites (tertiary alicyclic amines) is 1. The molecule has 0 spiro atoms. The van der Waals surface area contributed by atoms with Gasteiger partial charge >= 0.3 is 0 Å². The Kier molecular flexibility index (Phi) is 7.34. The Morgan fingerprint density at radius 2 is 1.61 bits per heavy atom. The second kappa shape index (κ2) is 10.2. The molecule has 1 N–H and O–H groups in total. The van der Waals surface area contributed by atoms with Crippen LogP contribution in [0, 0.1) is 0 Å². The molecule has 1 aliphatic rings. The highest BCUT2D eigenvalue weighted by Gasteiger charge is 2.45. The molecule has 1 heterocycles. The summed E-state index contributed by atoms with van der Waals surface area (Å²) in [5.74, 6) is -0.0647.